The fourth-order valence-electron chi connectivity index (χ4n) is 2.12. The number of carboxylic acid groups (broad SMARTS) is 2. The van der Waals surface area contributed by atoms with E-state index < -0.39 is 24.3 Å². The number of carbonyl (C=O) groups is 2. The molecule has 0 aromatic heterocycles. The summed E-state index contributed by atoms with van der Waals surface area (Å²) in [5.74, 6) is -4.73. The van der Waals surface area contributed by atoms with E-state index in [1.54, 1.807) is 0 Å². The standard InChI is InChI=1S/C12H17N3.2C2HF3O2/c13-12(14)11-3-1-2-10(8-11)9-4-6-15-7-5-9;2*3-2(4,5)1(6)7/h1-3,8-9,15H,4-7H2,(H3,13,14);2*(H,6,7). The Morgan fingerprint density at radius 2 is 1.41 bits per heavy atom. The van der Waals surface area contributed by atoms with Gasteiger partial charge >= 0.3 is 24.3 Å². The third-order valence-corrected chi connectivity index (χ3v) is 3.49. The molecular weight excluding hydrogens is 412 g/mol. The lowest BCUT2D eigenvalue weighted by molar-refractivity contribution is -0.193. The van der Waals surface area contributed by atoms with E-state index in [0.717, 1.165) is 18.7 Å². The minimum Gasteiger partial charge on any atom is -0.475 e. The lowest BCUT2D eigenvalue weighted by Crippen LogP contribution is -2.26. The minimum absolute atomic E-state index is 0.158. The van der Waals surface area contributed by atoms with E-state index in [2.05, 4.69) is 17.4 Å². The van der Waals surface area contributed by atoms with E-state index >= 15 is 0 Å². The van der Waals surface area contributed by atoms with Gasteiger partial charge in [-0.3, -0.25) is 5.41 Å². The number of carboxylic acids is 2. The van der Waals surface area contributed by atoms with Gasteiger partial charge in [-0.15, -0.1) is 0 Å². The van der Waals surface area contributed by atoms with Crippen molar-refractivity contribution in [3.05, 3.63) is 35.4 Å². The summed E-state index contributed by atoms with van der Waals surface area (Å²) in [5, 5.41) is 25.0. The Morgan fingerprint density at radius 1 is 1.00 bits per heavy atom. The molecule has 0 saturated carbocycles. The maximum Gasteiger partial charge on any atom is 0.490 e. The number of hydrogen-bond acceptors (Lipinski definition) is 4. The lowest BCUT2D eigenvalue weighted by atomic mass is 9.89. The number of rotatable bonds is 2. The lowest BCUT2D eigenvalue weighted by Gasteiger charge is -2.23. The van der Waals surface area contributed by atoms with Crippen LogP contribution < -0.4 is 11.1 Å². The molecule has 0 spiro atoms. The molecule has 1 aliphatic rings. The Hall–Kier alpha value is -2.83. The van der Waals surface area contributed by atoms with Crippen LogP contribution in [0.4, 0.5) is 26.3 Å². The highest BCUT2D eigenvalue weighted by atomic mass is 19.4. The van der Waals surface area contributed by atoms with Crippen LogP contribution in [0.3, 0.4) is 0 Å². The highest BCUT2D eigenvalue weighted by Gasteiger charge is 2.38. The number of nitrogen functional groups attached to an aromatic ring is 1. The second-order valence-electron chi connectivity index (χ2n) is 5.67. The number of benzene rings is 1. The molecule has 1 heterocycles. The summed E-state index contributed by atoms with van der Waals surface area (Å²) >= 11 is 0. The second kappa shape index (κ2) is 11.2. The summed E-state index contributed by atoms with van der Waals surface area (Å²) in [6, 6.07) is 8.09. The molecule has 7 nitrogen and oxygen atoms in total. The molecule has 1 aliphatic heterocycles. The van der Waals surface area contributed by atoms with Gasteiger partial charge in [0.25, 0.3) is 0 Å². The van der Waals surface area contributed by atoms with Gasteiger partial charge in [0, 0.05) is 5.56 Å². The maximum atomic E-state index is 10.6. The zero-order valence-corrected chi connectivity index (χ0v) is 14.8. The SMILES string of the molecule is N=C(N)c1cccc(C2CCNCC2)c1.O=C(O)C(F)(F)F.O=C(O)C(F)(F)F. The van der Waals surface area contributed by atoms with E-state index in [9.17, 15) is 26.3 Å². The van der Waals surface area contributed by atoms with Crippen LogP contribution in [0.5, 0.6) is 0 Å². The van der Waals surface area contributed by atoms with E-state index in [1.165, 1.54) is 18.4 Å². The summed E-state index contributed by atoms with van der Waals surface area (Å²) in [6.45, 7) is 2.18. The predicted octanol–water partition coefficient (Wildman–Crippen LogP) is 2.70. The van der Waals surface area contributed by atoms with E-state index in [0.29, 0.717) is 5.92 Å². The number of alkyl halides is 6. The van der Waals surface area contributed by atoms with Crippen LogP contribution in [-0.4, -0.2) is 53.4 Å². The van der Waals surface area contributed by atoms with Gasteiger partial charge in [0.2, 0.25) is 0 Å². The molecule has 0 aliphatic carbocycles. The molecule has 13 heteroatoms. The quantitative estimate of drug-likeness (QED) is 0.278. The molecule has 0 atom stereocenters. The smallest absolute Gasteiger partial charge is 0.475 e. The number of aliphatic carboxylic acids is 2. The molecule has 164 valence electrons. The normalized spacial score (nSPS) is 14.6. The van der Waals surface area contributed by atoms with Crippen molar-refractivity contribution in [1.82, 2.24) is 5.32 Å². The van der Waals surface area contributed by atoms with Gasteiger partial charge in [0.05, 0.1) is 0 Å². The number of amidine groups is 1. The number of hydrogen-bond donors (Lipinski definition) is 5. The highest BCUT2D eigenvalue weighted by molar-refractivity contribution is 5.95. The third kappa shape index (κ3) is 10.9. The number of piperidine rings is 1. The van der Waals surface area contributed by atoms with Crippen molar-refractivity contribution in [3.8, 4) is 0 Å². The van der Waals surface area contributed by atoms with Crippen LogP contribution in [0.2, 0.25) is 0 Å². The molecule has 6 N–H and O–H groups in total. The van der Waals surface area contributed by atoms with E-state index in [4.69, 9.17) is 30.9 Å². The Bertz CT molecular complexity index is 677. The maximum absolute atomic E-state index is 10.6. The molecule has 1 aromatic carbocycles. The number of nitrogens with two attached hydrogens (primary N) is 1. The number of halogens is 6. The average Bonchev–Trinajstić information content (AvgIpc) is 2.62. The average molecular weight is 431 g/mol. The summed E-state index contributed by atoms with van der Waals surface area (Å²) in [5.41, 5.74) is 7.65. The topological polar surface area (TPSA) is 136 Å². The Balaban J connectivity index is 0.000000473. The Morgan fingerprint density at radius 3 is 1.76 bits per heavy atom. The molecule has 0 amide bonds. The predicted molar refractivity (Wildman–Crippen MR) is 89.7 cm³/mol. The van der Waals surface area contributed by atoms with Gasteiger partial charge in [-0.2, -0.15) is 26.3 Å². The first-order chi connectivity index (χ1) is 13.2. The van der Waals surface area contributed by atoms with Crippen molar-refractivity contribution in [3.63, 3.8) is 0 Å². The van der Waals surface area contributed by atoms with Crippen molar-refractivity contribution in [2.45, 2.75) is 31.1 Å². The largest absolute Gasteiger partial charge is 0.490 e. The summed E-state index contributed by atoms with van der Waals surface area (Å²) < 4.78 is 63.5. The van der Waals surface area contributed by atoms with Gasteiger partial charge in [0.15, 0.2) is 0 Å². The molecule has 0 unspecified atom stereocenters. The van der Waals surface area contributed by atoms with Crippen LogP contribution in [0, 0.1) is 5.41 Å². The van der Waals surface area contributed by atoms with Gasteiger partial charge in [-0.05, 0) is 43.5 Å². The molecular formula is C16H19F6N3O4. The van der Waals surface area contributed by atoms with E-state index in [1.807, 2.05) is 12.1 Å². The first-order valence-corrected chi connectivity index (χ1v) is 7.91. The zero-order valence-electron chi connectivity index (χ0n) is 14.8. The molecule has 0 radical (unpaired) electrons. The van der Waals surface area contributed by atoms with Crippen molar-refractivity contribution in [2.75, 3.05) is 13.1 Å². The summed E-state index contributed by atoms with van der Waals surface area (Å²) in [7, 11) is 0. The molecule has 2 rings (SSSR count). The highest BCUT2D eigenvalue weighted by Crippen LogP contribution is 2.25. The van der Waals surface area contributed by atoms with E-state index in [-0.39, 0.29) is 5.84 Å². The van der Waals surface area contributed by atoms with Crippen LogP contribution in [0.15, 0.2) is 24.3 Å². The zero-order chi connectivity index (χ0) is 22.8. The van der Waals surface area contributed by atoms with Crippen molar-refractivity contribution in [1.29, 1.82) is 5.41 Å². The Labute approximate surface area is 161 Å². The van der Waals surface area contributed by atoms with Crippen LogP contribution in [0.25, 0.3) is 0 Å². The minimum atomic E-state index is -5.08. The summed E-state index contributed by atoms with van der Waals surface area (Å²) in [6.07, 6.45) is -7.80. The van der Waals surface area contributed by atoms with Gasteiger partial charge in [-0.1, -0.05) is 18.2 Å². The monoisotopic (exact) mass is 431 g/mol. The van der Waals surface area contributed by atoms with Gasteiger partial charge in [0.1, 0.15) is 5.84 Å². The van der Waals surface area contributed by atoms with Crippen molar-refractivity contribution >= 4 is 17.8 Å². The molecule has 29 heavy (non-hydrogen) atoms. The molecule has 0 bridgehead atoms. The third-order valence-electron chi connectivity index (χ3n) is 3.49. The van der Waals surface area contributed by atoms with Crippen LogP contribution in [-0.2, 0) is 9.59 Å². The first kappa shape index (κ1) is 26.2. The first-order valence-electron chi connectivity index (χ1n) is 7.91. The second-order valence-corrected chi connectivity index (χ2v) is 5.67. The van der Waals surface area contributed by atoms with Crippen LogP contribution in [0.1, 0.15) is 29.9 Å². The van der Waals surface area contributed by atoms with Crippen LogP contribution >= 0.6 is 0 Å². The van der Waals surface area contributed by atoms with Crippen molar-refractivity contribution in [2.24, 2.45) is 5.73 Å². The van der Waals surface area contributed by atoms with Gasteiger partial charge in [-0.25, -0.2) is 9.59 Å². The number of nitrogens with one attached hydrogen (secondary N) is 2. The summed E-state index contributed by atoms with van der Waals surface area (Å²) in [4.78, 5) is 17.8. The molecule has 1 aromatic rings. The van der Waals surface area contributed by atoms with Gasteiger partial charge < -0.3 is 21.3 Å². The molecule has 1 saturated heterocycles. The fourth-order valence-corrected chi connectivity index (χ4v) is 2.12. The molecule has 1 fully saturated rings. The van der Waals surface area contributed by atoms with Crippen molar-refractivity contribution < 1.29 is 46.1 Å². The fraction of sp³-hybridized carbons (Fsp3) is 0.438. The Kier molecular flexibility index (Phi) is 10.1.